The molecular formula is C14H17NO2. The standard InChI is InChI=1S/C14H17NO2/c1-10-3-4-13(14(17)9-10)12-5-7-15(8-6-12)11(2)16/h3-5,9,17H,6-8H2,1-2H3. The molecule has 1 aromatic carbocycles. The van der Waals surface area contributed by atoms with Crippen molar-refractivity contribution in [2.75, 3.05) is 13.1 Å². The van der Waals surface area contributed by atoms with E-state index in [1.807, 2.05) is 25.1 Å². The van der Waals surface area contributed by atoms with Crippen molar-refractivity contribution < 1.29 is 9.90 Å². The maximum atomic E-state index is 11.2. The van der Waals surface area contributed by atoms with Crippen molar-refractivity contribution in [1.29, 1.82) is 0 Å². The predicted octanol–water partition coefficient (Wildman–Crippen LogP) is 2.34. The van der Waals surface area contributed by atoms with E-state index in [1.165, 1.54) is 0 Å². The van der Waals surface area contributed by atoms with Crippen molar-refractivity contribution in [3.05, 3.63) is 35.4 Å². The van der Waals surface area contributed by atoms with E-state index >= 15 is 0 Å². The second kappa shape index (κ2) is 4.62. The highest BCUT2D eigenvalue weighted by atomic mass is 16.3. The van der Waals surface area contributed by atoms with Crippen LogP contribution in [0.4, 0.5) is 0 Å². The summed E-state index contributed by atoms with van der Waals surface area (Å²) in [6.07, 6.45) is 2.82. The van der Waals surface area contributed by atoms with Gasteiger partial charge in [-0.2, -0.15) is 0 Å². The topological polar surface area (TPSA) is 40.5 Å². The van der Waals surface area contributed by atoms with Crippen LogP contribution >= 0.6 is 0 Å². The summed E-state index contributed by atoms with van der Waals surface area (Å²) < 4.78 is 0. The van der Waals surface area contributed by atoms with Crippen LogP contribution in [0.15, 0.2) is 24.3 Å². The van der Waals surface area contributed by atoms with Gasteiger partial charge < -0.3 is 10.0 Å². The molecule has 1 N–H and O–H groups in total. The Morgan fingerprint density at radius 3 is 2.71 bits per heavy atom. The molecule has 90 valence electrons. The van der Waals surface area contributed by atoms with Gasteiger partial charge >= 0.3 is 0 Å². The number of phenols is 1. The number of carbonyl (C=O) groups excluding carboxylic acids is 1. The fourth-order valence-electron chi connectivity index (χ4n) is 2.11. The molecule has 1 aliphatic rings. The number of nitrogens with zero attached hydrogens (tertiary/aromatic N) is 1. The Labute approximate surface area is 101 Å². The first-order valence-corrected chi connectivity index (χ1v) is 5.82. The average Bonchev–Trinajstić information content (AvgIpc) is 2.29. The third kappa shape index (κ3) is 2.49. The smallest absolute Gasteiger partial charge is 0.219 e. The van der Waals surface area contributed by atoms with Crippen LogP contribution in [-0.4, -0.2) is 29.0 Å². The monoisotopic (exact) mass is 231 g/mol. The number of benzene rings is 1. The minimum Gasteiger partial charge on any atom is -0.507 e. The van der Waals surface area contributed by atoms with Crippen LogP contribution in [0.2, 0.25) is 0 Å². The Hall–Kier alpha value is -1.77. The van der Waals surface area contributed by atoms with E-state index in [2.05, 4.69) is 0 Å². The largest absolute Gasteiger partial charge is 0.507 e. The number of aromatic hydroxyl groups is 1. The van der Waals surface area contributed by atoms with Crippen molar-refractivity contribution in [1.82, 2.24) is 4.90 Å². The summed E-state index contributed by atoms with van der Waals surface area (Å²) >= 11 is 0. The molecule has 0 aliphatic carbocycles. The Balaban J connectivity index is 2.22. The van der Waals surface area contributed by atoms with Gasteiger partial charge in [0.05, 0.1) is 0 Å². The number of phenolic OH excluding ortho intramolecular Hbond substituents is 1. The van der Waals surface area contributed by atoms with E-state index in [0.717, 1.165) is 29.7 Å². The van der Waals surface area contributed by atoms with Crippen LogP contribution < -0.4 is 0 Å². The van der Waals surface area contributed by atoms with E-state index in [0.29, 0.717) is 12.3 Å². The summed E-state index contributed by atoms with van der Waals surface area (Å²) in [5.74, 6) is 0.431. The number of carbonyl (C=O) groups is 1. The van der Waals surface area contributed by atoms with Gasteiger partial charge in [0.2, 0.25) is 5.91 Å². The van der Waals surface area contributed by atoms with E-state index in [-0.39, 0.29) is 5.91 Å². The predicted molar refractivity (Wildman–Crippen MR) is 67.7 cm³/mol. The number of aryl methyl sites for hydroxylation is 1. The zero-order chi connectivity index (χ0) is 12.4. The first-order valence-electron chi connectivity index (χ1n) is 5.82. The molecule has 1 heterocycles. The fraction of sp³-hybridized carbons (Fsp3) is 0.357. The number of amides is 1. The van der Waals surface area contributed by atoms with Crippen molar-refractivity contribution in [2.24, 2.45) is 0 Å². The molecule has 0 atom stereocenters. The van der Waals surface area contributed by atoms with Crippen LogP contribution in [0.1, 0.15) is 24.5 Å². The van der Waals surface area contributed by atoms with Gasteiger partial charge in [-0.25, -0.2) is 0 Å². The van der Waals surface area contributed by atoms with Crippen LogP contribution in [0, 0.1) is 6.92 Å². The highest BCUT2D eigenvalue weighted by Gasteiger charge is 2.16. The lowest BCUT2D eigenvalue weighted by atomic mass is 9.97. The van der Waals surface area contributed by atoms with Gasteiger partial charge in [0.15, 0.2) is 0 Å². The van der Waals surface area contributed by atoms with E-state index < -0.39 is 0 Å². The van der Waals surface area contributed by atoms with E-state index in [9.17, 15) is 9.90 Å². The fourth-order valence-corrected chi connectivity index (χ4v) is 2.11. The highest BCUT2D eigenvalue weighted by Crippen LogP contribution is 2.30. The van der Waals surface area contributed by atoms with Crippen molar-refractivity contribution >= 4 is 11.5 Å². The van der Waals surface area contributed by atoms with Crippen LogP contribution in [-0.2, 0) is 4.79 Å². The lowest BCUT2D eigenvalue weighted by Crippen LogP contribution is -2.32. The third-order valence-corrected chi connectivity index (χ3v) is 3.15. The lowest BCUT2D eigenvalue weighted by molar-refractivity contribution is -0.128. The minimum atomic E-state index is 0.105. The molecule has 3 nitrogen and oxygen atoms in total. The first-order chi connectivity index (χ1) is 8.08. The van der Waals surface area contributed by atoms with Crippen molar-refractivity contribution in [3.8, 4) is 5.75 Å². The van der Waals surface area contributed by atoms with Gasteiger partial charge in [0, 0.05) is 25.6 Å². The third-order valence-electron chi connectivity index (χ3n) is 3.15. The molecule has 3 heteroatoms. The quantitative estimate of drug-likeness (QED) is 0.806. The van der Waals surface area contributed by atoms with E-state index in [1.54, 1.807) is 17.9 Å². The maximum absolute atomic E-state index is 11.2. The number of hydrogen-bond donors (Lipinski definition) is 1. The molecule has 1 aliphatic heterocycles. The van der Waals surface area contributed by atoms with Gasteiger partial charge in [0.25, 0.3) is 0 Å². The van der Waals surface area contributed by atoms with Gasteiger partial charge in [-0.1, -0.05) is 18.2 Å². The van der Waals surface area contributed by atoms with Gasteiger partial charge in [-0.05, 0) is 30.5 Å². The van der Waals surface area contributed by atoms with Gasteiger partial charge in [-0.3, -0.25) is 4.79 Å². The molecule has 0 aromatic heterocycles. The summed E-state index contributed by atoms with van der Waals surface area (Å²) in [5, 5.41) is 9.90. The molecule has 0 radical (unpaired) electrons. The normalized spacial score (nSPS) is 15.6. The zero-order valence-corrected chi connectivity index (χ0v) is 10.2. The Morgan fingerprint density at radius 1 is 1.41 bits per heavy atom. The minimum absolute atomic E-state index is 0.105. The van der Waals surface area contributed by atoms with Gasteiger partial charge in [-0.15, -0.1) is 0 Å². The summed E-state index contributed by atoms with van der Waals surface area (Å²) in [6.45, 7) is 4.91. The Bertz CT molecular complexity index is 477. The SMILES string of the molecule is CC(=O)N1CC=C(c2ccc(C)cc2O)CC1. The molecular weight excluding hydrogens is 214 g/mol. The van der Waals surface area contributed by atoms with Gasteiger partial charge in [0.1, 0.15) is 5.75 Å². The van der Waals surface area contributed by atoms with Crippen LogP contribution in [0.3, 0.4) is 0 Å². The number of rotatable bonds is 1. The molecule has 0 saturated carbocycles. The molecule has 0 fully saturated rings. The second-order valence-electron chi connectivity index (χ2n) is 4.46. The average molecular weight is 231 g/mol. The molecule has 1 aromatic rings. The first kappa shape index (κ1) is 11.7. The summed E-state index contributed by atoms with van der Waals surface area (Å²) in [4.78, 5) is 13.0. The van der Waals surface area contributed by atoms with Crippen LogP contribution in [0.5, 0.6) is 5.75 Å². The van der Waals surface area contributed by atoms with E-state index in [4.69, 9.17) is 0 Å². The molecule has 1 amide bonds. The maximum Gasteiger partial charge on any atom is 0.219 e. The zero-order valence-electron chi connectivity index (χ0n) is 10.2. The Morgan fingerprint density at radius 2 is 2.18 bits per heavy atom. The lowest BCUT2D eigenvalue weighted by Gasteiger charge is -2.25. The summed E-state index contributed by atoms with van der Waals surface area (Å²) in [7, 11) is 0. The summed E-state index contributed by atoms with van der Waals surface area (Å²) in [6, 6.07) is 5.71. The second-order valence-corrected chi connectivity index (χ2v) is 4.46. The molecule has 0 spiro atoms. The van der Waals surface area contributed by atoms with Crippen LogP contribution in [0.25, 0.3) is 5.57 Å². The van der Waals surface area contributed by atoms with Crippen molar-refractivity contribution in [2.45, 2.75) is 20.3 Å². The molecule has 0 saturated heterocycles. The molecule has 17 heavy (non-hydrogen) atoms. The summed E-state index contributed by atoms with van der Waals surface area (Å²) in [5.41, 5.74) is 3.06. The van der Waals surface area contributed by atoms with Crippen molar-refractivity contribution in [3.63, 3.8) is 0 Å². The highest BCUT2D eigenvalue weighted by molar-refractivity contribution is 5.77. The molecule has 2 rings (SSSR count). The molecule has 0 bridgehead atoms. The Kier molecular flexibility index (Phi) is 3.18. The molecule has 0 unspecified atom stereocenters. The number of hydrogen-bond acceptors (Lipinski definition) is 2.